The van der Waals surface area contributed by atoms with Crippen LogP contribution in [0.2, 0.25) is 0 Å². The van der Waals surface area contributed by atoms with Gasteiger partial charge in [-0.15, -0.1) is 0 Å². The summed E-state index contributed by atoms with van der Waals surface area (Å²) in [6, 6.07) is 0. The molecule has 0 spiro atoms. The fourth-order valence-corrected chi connectivity index (χ4v) is 0.734. The van der Waals surface area contributed by atoms with Gasteiger partial charge in [-0.2, -0.15) is 17.6 Å². The van der Waals surface area contributed by atoms with Crippen molar-refractivity contribution < 1.29 is 22.3 Å². The third-order valence-corrected chi connectivity index (χ3v) is 1.50. The van der Waals surface area contributed by atoms with Crippen molar-refractivity contribution in [1.29, 1.82) is 0 Å². The van der Waals surface area contributed by atoms with Gasteiger partial charge in [0.25, 0.3) is 0 Å². The van der Waals surface area contributed by atoms with Gasteiger partial charge in [0, 0.05) is 5.92 Å². The Kier molecular flexibility index (Phi) is 3.56. The molecule has 0 heterocycles. The molecule has 86 valence electrons. The van der Waals surface area contributed by atoms with Crippen LogP contribution in [0.5, 0.6) is 0 Å². The third-order valence-electron chi connectivity index (χ3n) is 1.50. The molecule has 0 saturated carbocycles. The standard InChI is InChI=1S/C8H15F4NO/c1-5(2)7(9,10)8(11,12)14-6(3,4)13/h5H,13H2,1-4H3. The van der Waals surface area contributed by atoms with Gasteiger partial charge >= 0.3 is 12.0 Å². The summed E-state index contributed by atoms with van der Waals surface area (Å²) in [4.78, 5) is 0. The zero-order valence-electron chi connectivity index (χ0n) is 8.57. The summed E-state index contributed by atoms with van der Waals surface area (Å²) in [6.07, 6.45) is -4.56. The van der Waals surface area contributed by atoms with E-state index in [9.17, 15) is 17.6 Å². The fourth-order valence-electron chi connectivity index (χ4n) is 0.734. The zero-order chi connectivity index (χ0) is 11.8. The van der Waals surface area contributed by atoms with Crippen molar-refractivity contribution in [2.24, 2.45) is 11.7 Å². The normalized spacial score (nSPS) is 15.0. The summed E-state index contributed by atoms with van der Waals surface area (Å²) >= 11 is 0. The molecule has 0 aliphatic heterocycles. The average Bonchev–Trinajstić information content (AvgIpc) is 1.80. The van der Waals surface area contributed by atoms with E-state index in [1.54, 1.807) is 0 Å². The Hall–Kier alpha value is -0.360. The largest absolute Gasteiger partial charge is 0.421 e. The number of ether oxygens (including phenoxy) is 1. The lowest BCUT2D eigenvalue weighted by Gasteiger charge is -2.33. The summed E-state index contributed by atoms with van der Waals surface area (Å²) in [6.45, 7) is 4.14. The zero-order valence-corrected chi connectivity index (χ0v) is 8.57. The smallest absolute Gasteiger partial charge is 0.304 e. The van der Waals surface area contributed by atoms with Gasteiger partial charge in [0.15, 0.2) is 0 Å². The predicted octanol–water partition coefficient (Wildman–Crippen LogP) is 2.58. The first-order valence-electron chi connectivity index (χ1n) is 4.15. The molecule has 0 aliphatic carbocycles. The number of nitrogens with two attached hydrogens (primary N) is 1. The topological polar surface area (TPSA) is 35.2 Å². The number of rotatable bonds is 4. The fraction of sp³-hybridized carbons (Fsp3) is 1.00. The molecule has 2 nitrogen and oxygen atoms in total. The van der Waals surface area contributed by atoms with E-state index in [0.717, 1.165) is 27.7 Å². The summed E-state index contributed by atoms with van der Waals surface area (Å²) < 4.78 is 55.5. The van der Waals surface area contributed by atoms with Gasteiger partial charge in [0.1, 0.15) is 5.72 Å². The maximum absolute atomic E-state index is 12.9. The highest BCUT2D eigenvalue weighted by Crippen LogP contribution is 2.42. The first-order chi connectivity index (χ1) is 5.90. The molecule has 14 heavy (non-hydrogen) atoms. The van der Waals surface area contributed by atoms with Gasteiger partial charge in [0.05, 0.1) is 0 Å². The molecule has 0 saturated heterocycles. The van der Waals surface area contributed by atoms with Crippen LogP contribution < -0.4 is 5.73 Å². The van der Waals surface area contributed by atoms with Crippen molar-refractivity contribution >= 4 is 0 Å². The molecule has 0 radical (unpaired) electrons. The van der Waals surface area contributed by atoms with Crippen LogP contribution in [0, 0.1) is 5.92 Å². The van der Waals surface area contributed by atoms with Crippen molar-refractivity contribution in [3.05, 3.63) is 0 Å². The molecular weight excluding hydrogens is 202 g/mol. The van der Waals surface area contributed by atoms with Crippen molar-refractivity contribution in [2.45, 2.75) is 45.5 Å². The Morgan fingerprint density at radius 3 is 1.64 bits per heavy atom. The number of hydrogen-bond donors (Lipinski definition) is 1. The predicted molar refractivity (Wildman–Crippen MR) is 44.1 cm³/mol. The Labute approximate surface area is 80.4 Å². The van der Waals surface area contributed by atoms with Crippen molar-refractivity contribution in [2.75, 3.05) is 0 Å². The molecule has 0 atom stereocenters. The quantitative estimate of drug-likeness (QED) is 0.580. The molecule has 0 aliphatic rings. The Morgan fingerprint density at radius 2 is 1.43 bits per heavy atom. The molecule has 0 aromatic heterocycles. The minimum absolute atomic E-state index is 0.987. The second kappa shape index (κ2) is 3.66. The molecule has 0 amide bonds. The van der Waals surface area contributed by atoms with Crippen LogP contribution in [0.1, 0.15) is 27.7 Å². The molecule has 0 aromatic carbocycles. The highest BCUT2D eigenvalue weighted by molar-refractivity contribution is 4.82. The highest BCUT2D eigenvalue weighted by atomic mass is 19.3. The highest BCUT2D eigenvalue weighted by Gasteiger charge is 2.61. The molecule has 0 unspecified atom stereocenters. The van der Waals surface area contributed by atoms with Gasteiger partial charge in [-0.25, -0.2) is 0 Å². The lowest BCUT2D eigenvalue weighted by Crippen LogP contribution is -2.53. The van der Waals surface area contributed by atoms with E-state index >= 15 is 0 Å². The minimum atomic E-state index is -4.56. The van der Waals surface area contributed by atoms with E-state index in [0.29, 0.717) is 0 Å². The SMILES string of the molecule is CC(C)C(F)(F)C(F)(F)OC(C)(C)N. The second-order valence-electron chi connectivity index (χ2n) is 4.00. The lowest BCUT2D eigenvalue weighted by atomic mass is 10.1. The van der Waals surface area contributed by atoms with Crippen molar-refractivity contribution in [3.8, 4) is 0 Å². The molecule has 6 heteroatoms. The van der Waals surface area contributed by atoms with Crippen LogP contribution in [-0.4, -0.2) is 17.8 Å². The van der Waals surface area contributed by atoms with Crippen LogP contribution in [-0.2, 0) is 4.74 Å². The summed E-state index contributed by atoms with van der Waals surface area (Å²) in [7, 11) is 0. The average molecular weight is 217 g/mol. The molecule has 0 bridgehead atoms. The molecule has 2 N–H and O–H groups in total. The van der Waals surface area contributed by atoms with E-state index in [1.807, 2.05) is 0 Å². The summed E-state index contributed by atoms with van der Waals surface area (Å²) in [5, 5.41) is 0. The molecule has 0 fully saturated rings. The van der Waals surface area contributed by atoms with Crippen LogP contribution in [0.3, 0.4) is 0 Å². The lowest BCUT2D eigenvalue weighted by molar-refractivity contribution is -0.385. The molecule has 0 aromatic rings. The Bertz CT molecular complexity index is 198. The third kappa shape index (κ3) is 3.09. The Morgan fingerprint density at radius 1 is 1.07 bits per heavy atom. The first-order valence-corrected chi connectivity index (χ1v) is 4.15. The van der Waals surface area contributed by atoms with Gasteiger partial charge < -0.3 is 5.73 Å². The van der Waals surface area contributed by atoms with Crippen LogP contribution in [0.15, 0.2) is 0 Å². The minimum Gasteiger partial charge on any atom is -0.304 e. The van der Waals surface area contributed by atoms with E-state index in [1.165, 1.54) is 0 Å². The van der Waals surface area contributed by atoms with Gasteiger partial charge in [0.2, 0.25) is 0 Å². The number of hydrogen-bond acceptors (Lipinski definition) is 2. The van der Waals surface area contributed by atoms with Gasteiger partial charge in [-0.1, -0.05) is 13.8 Å². The monoisotopic (exact) mass is 217 g/mol. The van der Waals surface area contributed by atoms with E-state index < -0.39 is 23.7 Å². The van der Waals surface area contributed by atoms with E-state index in [2.05, 4.69) is 4.74 Å². The Balaban J connectivity index is 4.78. The van der Waals surface area contributed by atoms with Crippen LogP contribution in [0.25, 0.3) is 0 Å². The molecular formula is C8H15F4NO. The van der Waals surface area contributed by atoms with Gasteiger partial charge in [-0.3, -0.25) is 4.74 Å². The van der Waals surface area contributed by atoms with Crippen LogP contribution in [0.4, 0.5) is 17.6 Å². The number of alkyl halides is 4. The molecule has 0 rings (SSSR count). The summed E-state index contributed by atoms with van der Waals surface area (Å²) in [5.74, 6) is -5.76. The first kappa shape index (κ1) is 13.6. The van der Waals surface area contributed by atoms with E-state index in [-0.39, 0.29) is 0 Å². The van der Waals surface area contributed by atoms with Crippen LogP contribution >= 0.6 is 0 Å². The van der Waals surface area contributed by atoms with Crippen molar-refractivity contribution in [1.82, 2.24) is 0 Å². The maximum atomic E-state index is 12.9. The second-order valence-corrected chi connectivity index (χ2v) is 4.00. The van der Waals surface area contributed by atoms with Gasteiger partial charge in [-0.05, 0) is 13.8 Å². The van der Waals surface area contributed by atoms with Crippen molar-refractivity contribution in [3.63, 3.8) is 0 Å². The number of halogens is 4. The van der Waals surface area contributed by atoms with E-state index in [4.69, 9.17) is 5.73 Å². The summed E-state index contributed by atoms with van der Waals surface area (Å²) in [5.41, 5.74) is 3.28. The maximum Gasteiger partial charge on any atom is 0.421 e.